The number of fused-ring (bicyclic) bond motifs is 1. The zero-order chi connectivity index (χ0) is 12.5. The molecule has 1 aromatic rings. The van der Waals surface area contributed by atoms with Gasteiger partial charge in [-0.05, 0) is 12.5 Å². The van der Waals surface area contributed by atoms with E-state index >= 15 is 0 Å². The predicted octanol–water partition coefficient (Wildman–Crippen LogP) is 0.779. The second-order valence-corrected chi connectivity index (χ2v) is 3.94. The molecular weight excluding hydrogens is 222 g/mol. The molecule has 1 amide bonds. The highest BCUT2D eigenvalue weighted by molar-refractivity contribution is 6.05. The van der Waals surface area contributed by atoms with Crippen LogP contribution in [0, 0.1) is 0 Å². The lowest BCUT2D eigenvalue weighted by molar-refractivity contribution is -0.144. The van der Waals surface area contributed by atoms with Crippen molar-refractivity contribution >= 4 is 17.6 Å². The Morgan fingerprint density at radius 2 is 2.18 bits per heavy atom. The van der Waals surface area contributed by atoms with Crippen LogP contribution in [0.2, 0.25) is 0 Å². The molecule has 5 nitrogen and oxygen atoms in total. The van der Waals surface area contributed by atoms with Crippen LogP contribution in [0.5, 0.6) is 0 Å². The van der Waals surface area contributed by atoms with Gasteiger partial charge in [0.05, 0.1) is 7.11 Å². The molecule has 1 unspecified atom stereocenters. The minimum absolute atomic E-state index is 0.00520. The van der Waals surface area contributed by atoms with Crippen molar-refractivity contribution < 1.29 is 19.4 Å². The molecule has 1 aromatic carbocycles. The fourth-order valence-corrected chi connectivity index (χ4v) is 1.93. The van der Waals surface area contributed by atoms with Crippen LogP contribution in [0.15, 0.2) is 24.3 Å². The SMILES string of the molecule is COC(=O)CCC1(O)C(=O)Nc2ccccc21. The number of carbonyl (C=O) groups excluding carboxylic acids is 2. The van der Waals surface area contributed by atoms with Crippen LogP contribution < -0.4 is 5.32 Å². The van der Waals surface area contributed by atoms with E-state index < -0.39 is 17.5 Å². The van der Waals surface area contributed by atoms with Crippen LogP contribution in [-0.2, 0) is 19.9 Å². The lowest BCUT2D eigenvalue weighted by Crippen LogP contribution is -2.34. The van der Waals surface area contributed by atoms with Gasteiger partial charge < -0.3 is 15.2 Å². The second-order valence-electron chi connectivity index (χ2n) is 3.94. The van der Waals surface area contributed by atoms with Crippen molar-refractivity contribution in [2.24, 2.45) is 0 Å². The van der Waals surface area contributed by atoms with Crippen LogP contribution in [0.4, 0.5) is 5.69 Å². The summed E-state index contributed by atoms with van der Waals surface area (Å²) in [6.45, 7) is 0. The minimum Gasteiger partial charge on any atom is -0.469 e. The highest BCUT2D eigenvalue weighted by atomic mass is 16.5. The van der Waals surface area contributed by atoms with Gasteiger partial charge in [0.2, 0.25) is 0 Å². The number of carbonyl (C=O) groups is 2. The molecule has 0 fully saturated rings. The van der Waals surface area contributed by atoms with E-state index in [2.05, 4.69) is 10.1 Å². The van der Waals surface area contributed by atoms with Crippen molar-refractivity contribution in [1.29, 1.82) is 0 Å². The molecule has 90 valence electrons. The average Bonchev–Trinajstić information content (AvgIpc) is 2.60. The summed E-state index contributed by atoms with van der Waals surface area (Å²) >= 11 is 0. The van der Waals surface area contributed by atoms with Crippen molar-refractivity contribution in [3.05, 3.63) is 29.8 Å². The molecule has 2 N–H and O–H groups in total. The fraction of sp³-hybridized carbons (Fsp3) is 0.333. The molecule has 1 aliphatic rings. The molecule has 0 aliphatic carbocycles. The molecule has 5 heteroatoms. The molecule has 1 heterocycles. The van der Waals surface area contributed by atoms with Gasteiger partial charge >= 0.3 is 5.97 Å². The van der Waals surface area contributed by atoms with E-state index in [9.17, 15) is 14.7 Å². The number of esters is 1. The van der Waals surface area contributed by atoms with E-state index in [1.54, 1.807) is 24.3 Å². The number of hydrogen-bond acceptors (Lipinski definition) is 4. The summed E-state index contributed by atoms with van der Waals surface area (Å²) in [4.78, 5) is 22.8. The highest BCUT2D eigenvalue weighted by Gasteiger charge is 2.44. The highest BCUT2D eigenvalue weighted by Crippen LogP contribution is 2.38. The Labute approximate surface area is 98.4 Å². The number of amides is 1. The van der Waals surface area contributed by atoms with Crippen LogP contribution in [0.1, 0.15) is 18.4 Å². The summed E-state index contributed by atoms with van der Waals surface area (Å²) in [6.07, 6.45) is 0.0112. The number of para-hydroxylation sites is 1. The zero-order valence-electron chi connectivity index (χ0n) is 9.40. The molecule has 0 aromatic heterocycles. The van der Waals surface area contributed by atoms with Crippen LogP contribution in [0.3, 0.4) is 0 Å². The maximum atomic E-state index is 11.7. The Hall–Kier alpha value is -1.88. The van der Waals surface area contributed by atoms with Crippen molar-refractivity contribution in [1.82, 2.24) is 0 Å². The van der Waals surface area contributed by atoms with Crippen molar-refractivity contribution in [3.63, 3.8) is 0 Å². The van der Waals surface area contributed by atoms with E-state index in [0.717, 1.165) is 0 Å². The van der Waals surface area contributed by atoms with Gasteiger partial charge in [-0.3, -0.25) is 9.59 Å². The summed E-state index contributed by atoms with van der Waals surface area (Å²) in [5.74, 6) is -0.946. The van der Waals surface area contributed by atoms with Crippen molar-refractivity contribution in [2.75, 3.05) is 12.4 Å². The number of hydrogen-bond donors (Lipinski definition) is 2. The average molecular weight is 235 g/mol. The summed E-state index contributed by atoms with van der Waals surface area (Å²) in [5.41, 5.74) is -0.538. The van der Waals surface area contributed by atoms with Gasteiger partial charge in [0, 0.05) is 17.7 Å². The maximum absolute atomic E-state index is 11.7. The minimum atomic E-state index is -1.63. The lowest BCUT2D eigenvalue weighted by atomic mass is 9.90. The first kappa shape index (κ1) is 11.6. The van der Waals surface area contributed by atoms with Gasteiger partial charge in [0.15, 0.2) is 5.60 Å². The summed E-state index contributed by atoms with van der Waals surface area (Å²) in [7, 11) is 1.27. The first-order valence-electron chi connectivity index (χ1n) is 5.28. The second kappa shape index (κ2) is 4.18. The fourth-order valence-electron chi connectivity index (χ4n) is 1.93. The van der Waals surface area contributed by atoms with Crippen LogP contribution >= 0.6 is 0 Å². The van der Waals surface area contributed by atoms with E-state index in [1.165, 1.54) is 7.11 Å². The predicted molar refractivity (Wildman–Crippen MR) is 60.2 cm³/mol. The van der Waals surface area contributed by atoms with Gasteiger partial charge in [0.1, 0.15) is 0 Å². The molecule has 1 aliphatic heterocycles. The Morgan fingerprint density at radius 1 is 1.47 bits per heavy atom. The Morgan fingerprint density at radius 3 is 2.88 bits per heavy atom. The maximum Gasteiger partial charge on any atom is 0.305 e. The van der Waals surface area contributed by atoms with Gasteiger partial charge in [0.25, 0.3) is 5.91 Å². The zero-order valence-corrected chi connectivity index (χ0v) is 9.40. The molecule has 0 spiro atoms. The lowest BCUT2D eigenvalue weighted by Gasteiger charge is -2.19. The summed E-state index contributed by atoms with van der Waals surface area (Å²) < 4.78 is 4.50. The first-order valence-corrected chi connectivity index (χ1v) is 5.28. The van der Waals surface area contributed by atoms with E-state index in [0.29, 0.717) is 11.3 Å². The third kappa shape index (κ3) is 1.89. The molecule has 0 radical (unpaired) electrons. The molecular formula is C12H13NO4. The quantitative estimate of drug-likeness (QED) is 0.759. The van der Waals surface area contributed by atoms with Gasteiger partial charge in [-0.2, -0.15) is 0 Å². The Bertz CT molecular complexity index is 471. The number of nitrogens with one attached hydrogen (secondary N) is 1. The third-order valence-electron chi connectivity index (χ3n) is 2.92. The number of benzene rings is 1. The standard InChI is InChI=1S/C12H13NO4/c1-17-10(14)6-7-12(16)8-4-2-3-5-9(8)13-11(12)15/h2-5,16H,6-7H2,1H3,(H,13,15). The van der Waals surface area contributed by atoms with Crippen LogP contribution in [0.25, 0.3) is 0 Å². The van der Waals surface area contributed by atoms with E-state index in [1.807, 2.05) is 0 Å². The number of ether oxygens (including phenoxy) is 1. The number of rotatable bonds is 3. The van der Waals surface area contributed by atoms with Crippen molar-refractivity contribution in [2.45, 2.75) is 18.4 Å². The van der Waals surface area contributed by atoms with E-state index in [4.69, 9.17) is 0 Å². The summed E-state index contributed by atoms with van der Waals surface area (Å²) in [5, 5.41) is 12.9. The Kier molecular flexibility index (Phi) is 2.85. The van der Waals surface area contributed by atoms with Crippen molar-refractivity contribution in [3.8, 4) is 0 Å². The monoisotopic (exact) mass is 235 g/mol. The smallest absolute Gasteiger partial charge is 0.305 e. The molecule has 2 rings (SSSR count). The van der Waals surface area contributed by atoms with Gasteiger partial charge in [-0.1, -0.05) is 18.2 Å². The summed E-state index contributed by atoms with van der Waals surface area (Å²) in [6, 6.07) is 6.89. The molecule has 0 bridgehead atoms. The number of methoxy groups -OCH3 is 1. The molecule has 1 atom stereocenters. The number of aliphatic hydroxyl groups is 1. The Balaban J connectivity index is 2.24. The molecule has 17 heavy (non-hydrogen) atoms. The third-order valence-corrected chi connectivity index (χ3v) is 2.92. The largest absolute Gasteiger partial charge is 0.469 e. The van der Waals surface area contributed by atoms with E-state index in [-0.39, 0.29) is 12.8 Å². The van der Waals surface area contributed by atoms with Gasteiger partial charge in [-0.15, -0.1) is 0 Å². The van der Waals surface area contributed by atoms with Crippen LogP contribution in [-0.4, -0.2) is 24.1 Å². The molecule has 0 saturated heterocycles. The molecule has 0 saturated carbocycles. The van der Waals surface area contributed by atoms with Gasteiger partial charge in [-0.25, -0.2) is 0 Å². The topological polar surface area (TPSA) is 75.6 Å². The first-order chi connectivity index (χ1) is 8.08. The number of anilines is 1. The normalized spacial score (nSPS) is 21.9.